The van der Waals surface area contributed by atoms with E-state index in [4.69, 9.17) is 21.9 Å². The molecule has 2 aliphatic heterocycles. The Morgan fingerprint density at radius 3 is 2.65 bits per heavy atom. The van der Waals surface area contributed by atoms with Crippen LogP contribution < -0.4 is 0 Å². The molecule has 3 aromatic rings. The lowest BCUT2D eigenvalue weighted by Gasteiger charge is -2.26. The molecule has 2 aliphatic rings. The number of aryl methyl sites for hydroxylation is 2. The predicted octanol–water partition coefficient (Wildman–Crippen LogP) is 5.71. The monoisotopic (exact) mass is 521 g/mol. The molecule has 9 heteroatoms. The Morgan fingerprint density at radius 1 is 1.19 bits per heavy atom. The van der Waals surface area contributed by atoms with E-state index in [2.05, 4.69) is 5.10 Å². The summed E-state index contributed by atoms with van der Waals surface area (Å²) in [5.41, 5.74) is 3.56. The third kappa shape index (κ3) is 4.64. The first kappa shape index (κ1) is 25.1. The highest BCUT2D eigenvalue weighted by molar-refractivity contribution is 6.35. The summed E-state index contributed by atoms with van der Waals surface area (Å²) in [5.74, 6) is -1.43. The molecule has 0 N–H and O–H groups in total. The van der Waals surface area contributed by atoms with E-state index in [0.29, 0.717) is 58.8 Å². The lowest BCUT2D eigenvalue weighted by Crippen LogP contribution is -2.36. The number of carbonyl (C=O) groups is 1. The third-order valence-corrected chi connectivity index (χ3v) is 7.58. The van der Waals surface area contributed by atoms with Gasteiger partial charge in [0.1, 0.15) is 23.1 Å². The molecule has 0 radical (unpaired) electrons. The first-order valence-electron chi connectivity index (χ1n) is 12.4. The summed E-state index contributed by atoms with van der Waals surface area (Å²) in [4.78, 5) is 20.0. The highest BCUT2D eigenvalue weighted by Crippen LogP contribution is 2.35. The van der Waals surface area contributed by atoms with E-state index in [-0.39, 0.29) is 17.4 Å². The largest absolute Gasteiger partial charge is 0.337 e. The molecule has 0 spiro atoms. The molecule has 1 aromatic heterocycles. The van der Waals surface area contributed by atoms with Crippen LogP contribution in [0.4, 0.5) is 8.78 Å². The van der Waals surface area contributed by atoms with E-state index in [0.717, 1.165) is 35.1 Å². The summed E-state index contributed by atoms with van der Waals surface area (Å²) < 4.78 is 30.2. The van der Waals surface area contributed by atoms with Crippen molar-refractivity contribution in [3.8, 4) is 6.07 Å². The van der Waals surface area contributed by atoms with Crippen LogP contribution in [0.1, 0.15) is 49.3 Å². The van der Waals surface area contributed by atoms with Gasteiger partial charge in [-0.2, -0.15) is 14.8 Å². The maximum Gasteiger partial charge on any atom is 0.272 e. The zero-order valence-electron chi connectivity index (χ0n) is 20.7. The number of aromatic nitrogens is 2. The molecule has 190 valence electrons. The first-order chi connectivity index (χ1) is 17.8. The van der Waals surface area contributed by atoms with Crippen LogP contribution in [0.2, 0.25) is 5.02 Å². The summed E-state index contributed by atoms with van der Waals surface area (Å²) in [7, 11) is 1.53. The number of fused-ring (bicyclic) bond motifs is 1. The van der Waals surface area contributed by atoms with E-state index in [9.17, 15) is 13.6 Å². The van der Waals surface area contributed by atoms with E-state index >= 15 is 0 Å². The maximum absolute atomic E-state index is 14.5. The van der Waals surface area contributed by atoms with Gasteiger partial charge < -0.3 is 4.90 Å². The Hall–Kier alpha value is -3.57. The van der Waals surface area contributed by atoms with Crippen LogP contribution in [0.5, 0.6) is 0 Å². The fourth-order valence-electron chi connectivity index (χ4n) is 5.24. The fraction of sp³-hybridized carbons (Fsp3) is 0.357. The van der Waals surface area contributed by atoms with Crippen molar-refractivity contribution in [2.24, 2.45) is 18.0 Å². The molecule has 1 atom stereocenters. The zero-order chi connectivity index (χ0) is 26.3. The van der Waals surface area contributed by atoms with E-state index in [1.165, 1.54) is 19.2 Å². The quantitative estimate of drug-likeness (QED) is 0.431. The smallest absolute Gasteiger partial charge is 0.272 e. The molecule has 1 amide bonds. The predicted molar refractivity (Wildman–Crippen MR) is 138 cm³/mol. The summed E-state index contributed by atoms with van der Waals surface area (Å²) >= 11 is 6.40. The number of amides is 1. The number of aliphatic imine (C=N–C) groups is 1. The molecule has 5 rings (SSSR count). The number of halogens is 3. The van der Waals surface area contributed by atoms with Crippen LogP contribution in [0.25, 0.3) is 10.9 Å². The van der Waals surface area contributed by atoms with Gasteiger partial charge in [0.05, 0.1) is 21.7 Å². The molecule has 0 aliphatic carbocycles. The molecule has 6 nitrogen and oxygen atoms in total. The highest BCUT2D eigenvalue weighted by atomic mass is 35.5. The second kappa shape index (κ2) is 10.1. The average Bonchev–Trinajstić information content (AvgIpc) is 3.38. The Labute approximate surface area is 218 Å². The molecule has 37 heavy (non-hydrogen) atoms. The van der Waals surface area contributed by atoms with Crippen molar-refractivity contribution in [1.29, 1.82) is 5.26 Å². The van der Waals surface area contributed by atoms with Crippen LogP contribution in [-0.2, 0) is 18.3 Å². The topological polar surface area (TPSA) is 74.3 Å². The standard InChI is InChI=1S/C28H26ClF2N5O/c1-16-20(9-6-17-12-21-26(22(29)13-17)34-35(2)27(21)31)25(18-7-8-19(15-32)23(30)14-18)33-24(16)28(37)36-10-4-3-5-11-36/h7-8,12-14,20H,3-6,9-11H2,1-2H3. The number of hydrogen-bond donors (Lipinski definition) is 0. The van der Waals surface area contributed by atoms with Crippen molar-refractivity contribution in [1.82, 2.24) is 14.7 Å². The van der Waals surface area contributed by atoms with E-state index in [1.54, 1.807) is 18.2 Å². The lowest BCUT2D eigenvalue weighted by molar-refractivity contribution is -0.128. The van der Waals surface area contributed by atoms with Gasteiger partial charge in [0.2, 0.25) is 5.95 Å². The van der Waals surface area contributed by atoms with Crippen molar-refractivity contribution in [3.63, 3.8) is 0 Å². The van der Waals surface area contributed by atoms with Crippen LogP contribution in [0.3, 0.4) is 0 Å². The van der Waals surface area contributed by atoms with E-state index in [1.807, 2.05) is 17.9 Å². The van der Waals surface area contributed by atoms with E-state index < -0.39 is 11.8 Å². The normalized spacial score (nSPS) is 17.9. The van der Waals surface area contributed by atoms with Crippen LogP contribution in [0, 0.1) is 29.0 Å². The van der Waals surface area contributed by atoms with Gasteiger partial charge in [0.25, 0.3) is 5.91 Å². The number of benzene rings is 2. The molecule has 0 saturated carbocycles. The first-order valence-corrected chi connectivity index (χ1v) is 12.8. The summed E-state index contributed by atoms with van der Waals surface area (Å²) in [6.07, 6.45) is 4.13. The van der Waals surface area contributed by atoms with Crippen molar-refractivity contribution in [2.45, 2.75) is 39.0 Å². The maximum atomic E-state index is 14.5. The van der Waals surface area contributed by atoms with Crippen molar-refractivity contribution < 1.29 is 13.6 Å². The van der Waals surface area contributed by atoms with Gasteiger partial charge in [-0.15, -0.1) is 0 Å². The Kier molecular flexibility index (Phi) is 6.82. The van der Waals surface area contributed by atoms with Crippen LogP contribution in [0.15, 0.2) is 46.6 Å². The Morgan fingerprint density at radius 2 is 1.95 bits per heavy atom. The average molecular weight is 522 g/mol. The number of likely N-dealkylation sites (tertiary alicyclic amines) is 1. The molecule has 3 heterocycles. The van der Waals surface area contributed by atoms with Crippen molar-refractivity contribution in [2.75, 3.05) is 13.1 Å². The number of nitriles is 1. The number of hydrogen-bond acceptors (Lipinski definition) is 4. The number of rotatable bonds is 5. The van der Waals surface area contributed by atoms with Gasteiger partial charge in [0.15, 0.2) is 0 Å². The second-order valence-electron chi connectivity index (χ2n) is 9.67. The minimum absolute atomic E-state index is 0.0466. The van der Waals surface area contributed by atoms with Gasteiger partial charge >= 0.3 is 0 Å². The van der Waals surface area contributed by atoms with Gasteiger partial charge in [-0.25, -0.2) is 14.1 Å². The van der Waals surface area contributed by atoms with Gasteiger partial charge in [-0.05, 0) is 80.0 Å². The molecular formula is C28H26ClF2N5O. The molecule has 1 saturated heterocycles. The SMILES string of the molecule is CC1=C(C(=O)N2CCCCC2)N=C(c2ccc(C#N)c(F)c2)C1CCc1cc(Cl)c2nn(C)c(F)c2c1. The fourth-order valence-corrected chi connectivity index (χ4v) is 5.52. The summed E-state index contributed by atoms with van der Waals surface area (Å²) in [5, 5.41) is 14.0. The molecule has 2 aromatic carbocycles. The van der Waals surface area contributed by atoms with Crippen molar-refractivity contribution in [3.05, 3.63) is 75.1 Å². The third-order valence-electron chi connectivity index (χ3n) is 7.29. The molecular weight excluding hydrogens is 496 g/mol. The molecule has 1 unspecified atom stereocenters. The summed E-state index contributed by atoms with van der Waals surface area (Å²) in [6.45, 7) is 3.30. The molecule has 0 bridgehead atoms. The number of nitrogens with zero attached hydrogens (tertiary/aromatic N) is 5. The minimum atomic E-state index is -0.626. The van der Waals surface area contributed by atoms with Gasteiger partial charge in [-0.1, -0.05) is 17.7 Å². The summed E-state index contributed by atoms with van der Waals surface area (Å²) in [6, 6.07) is 9.77. The van der Waals surface area contributed by atoms with Crippen LogP contribution in [-0.4, -0.2) is 39.4 Å². The van der Waals surface area contributed by atoms with Gasteiger partial charge in [-0.3, -0.25) is 4.79 Å². The Bertz CT molecular complexity index is 1510. The lowest BCUT2D eigenvalue weighted by atomic mass is 9.86. The number of allylic oxidation sites excluding steroid dienone is 1. The second-order valence-corrected chi connectivity index (χ2v) is 10.1. The van der Waals surface area contributed by atoms with Crippen LogP contribution >= 0.6 is 11.6 Å². The molecule has 1 fully saturated rings. The number of piperidine rings is 1. The van der Waals surface area contributed by atoms with Crippen molar-refractivity contribution >= 4 is 34.1 Å². The highest BCUT2D eigenvalue weighted by Gasteiger charge is 2.33. The minimum Gasteiger partial charge on any atom is -0.337 e. The van der Waals surface area contributed by atoms with Gasteiger partial charge in [0, 0.05) is 26.1 Å². The zero-order valence-corrected chi connectivity index (χ0v) is 21.4. The Balaban J connectivity index is 1.49. The number of carbonyl (C=O) groups excluding carboxylic acids is 1.